The number of rotatable bonds is 1. The van der Waals surface area contributed by atoms with Crippen molar-refractivity contribution in [1.29, 1.82) is 0 Å². The van der Waals surface area contributed by atoms with Crippen LogP contribution in [0.2, 0.25) is 5.02 Å². The molecule has 2 nitrogen and oxygen atoms in total. The highest BCUT2D eigenvalue weighted by Crippen LogP contribution is 2.38. The Morgan fingerprint density at radius 3 is 2.80 bits per heavy atom. The van der Waals surface area contributed by atoms with Crippen LogP contribution in [0.15, 0.2) is 17.7 Å². The molecule has 0 fully saturated rings. The zero-order valence-corrected chi connectivity index (χ0v) is 8.90. The van der Waals surface area contributed by atoms with Crippen molar-refractivity contribution >= 4 is 34.5 Å². The summed E-state index contributed by atoms with van der Waals surface area (Å²) in [5.74, 6) is -0.546. The minimum Gasteiger partial charge on any atom is -0.485 e. The van der Waals surface area contributed by atoms with Crippen molar-refractivity contribution in [1.82, 2.24) is 0 Å². The van der Waals surface area contributed by atoms with Crippen molar-refractivity contribution in [3.05, 3.63) is 34.1 Å². The number of halogens is 3. The molecular weight excluding hydrogens is 242 g/mol. The number of hydrogen-bond donors (Lipinski definition) is 0. The molecule has 0 radical (unpaired) electrons. The second kappa shape index (κ2) is 3.83. The van der Waals surface area contributed by atoms with Gasteiger partial charge < -0.3 is 4.74 Å². The summed E-state index contributed by atoms with van der Waals surface area (Å²) < 4.78 is 18.4. The first kappa shape index (κ1) is 10.5. The molecule has 0 N–H and O–H groups in total. The van der Waals surface area contributed by atoms with E-state index in [9.17, 15) is 9.18 Å². The molecule has 0 saturated heterocycles. The fourth-order valence-electron chi connectivity index (χ4n) is 1.34. The van der Waals surface area contributed by atoms with Gasteiger partial charge in [0, 0.05) is 16.2 Å². The first-order chi connectivity index (χ1) is 7.13. The Balaban J connectivity index is 2.67. The number of hydrogen-bond acceptors (Lipinski definition) is 2. The van der Waals surface area contributed by atoms with E-state index in [2.05, 4.69) is 0 Å². The normalized spacial score (nSPS) is 14.6. The lowest BCUT2D eigenvalue weighted by Gasteiger charge is -2.18. The van der Waals surface area contributed by atoms with E-state index in [0.717, 1.165) is 6.07 Å². The molecule has 0 amide bonds. The summed E-state index contributed by atoms with van der Waals surface area (Å²) in [5.41, 5.74) is 0.598. The number of carbonyl (C=O) groups is 1. The van der Waals surface area contributed by atoms with Gasteiger partial charge in [-0.2, -0.15) is 0 Å². The molecular formula is C10H5Cl2FO2. The van der Waals surface area contributed by atoms with Gasteiger partial charge in [0.1, 0.15) is 6.61 Å². The first-order valence-corrected chi connectivity index (χ1v) is 4.85. The van der Waals surface area contributed by atoms with Gasteiger partial charge in [0.2, 0.25) is 0 Å². The molecule has 0 saturated carbocycles. The third-order valence-corrected chi connectivity index (χ3v) is 2.71. The molecule has 1 aromatic carbocycles. The van der Waals surface area contributed by atoms with Crippen LogP contribution in [0.3, 0.4) is 0 Å². The summed E-state index contributed by atoms with van der Waals surface area (Å²) in [7, 11) is 0. The second-order valence-electron chi connectivity index (χ2n) is 3.01. The largest absolute Gasteiger partial charge is 0.485 e. The molecule has 0 aromatic heterocycles. The molecule has 15 heavy (non-hydrogen) atoms. The van der Waals surface area contributed by atoms with Crippen LogP contribution >= 0.6 is 23.2 Å². The summed E-state index contributed by atoms with van der Waals surface area (Å²) in [6, 6.07) is 2.60. The third-order valence-electron chi connectivity index (χ3n) is 2.04. The topological polar surface area (TPSA) is 26.3 Å². The molecule has 1 heterocycles. The second-order valence-corrected chi connectivity index (χ2v) is 3.82. The van der Waals surface area contributed by atoms with E-state index < -0.39 is 5.82 Å². The fraction of sp³-hybridized carbons (Fsp3) is 0.100. The lowest BCUT2D eigenvalue weighted by Crippen LogP contribution is -2.11. The van der Waals surface area contributed by atoms with Crippen LogP contribution < -0.4 is 4.74 Å². The number of benzene rings is 1. The van der Waals surface area contributed by atoms with E-state index in [1.807, 2.05) is 0 Å². The van der Waals surface area contributed by atoms with E-state index >= 15 is 0 Å². The minimum absolute atomic E-state index is 0.0200. The Bertz CT molecular complexity index is 469. The fourth-order valence-corrected chi connectivity index (χ4v) is 1.79. The Morgan fingerprint density at radius 2 is 2.13 bits per heavy atom. The van der Waals surface area contributed by atoms with Gasteiger partial charge in [-0.3, -0.25) is 4.79 Å². The first-order valence-electron chi connectivity index (χ1n) is 4.09. The smallest absolute Gasteiger partial charge is 0.167 e. The molecule has 0 bridgehead atoms. The average molecular weight is 247 g/mol. The molecule has 5 heteroatoms. The van der Waals surface area contributed by atoms with Crippen LogP contribution in [-0.4, -0.2) is 12.9 Å². The predicted molar refractivity (Wildman–Crippen MR) is 55.7 cm³/mol. The van der Waals surface area contributed by atoms with E-state index in [1.165, 1.54) is 6.07 Å². The van der Waals surface area contributed by atoms with Gasteiger partial charge in [-0.15, -0.1) is 0 Å². The Hall–Kier alpha value is -1.06. The number of fused-ring (bicyclic) bond motifs is 1. The molecule has 0 atom stereocenters. The van der Waals surface area contributed by atoms with Crippen molar-refractivity contribution in [2.75, 3.05) is 6.61 Å². The highest BCUT2D eigenvalue weighted by atomic mass is 35.5. The molecule has 78 valence electrons. The molecule has 1 aliphatic rings. The van der Waals surface area contributed by atoms with Gasteiger partial charge in [-0.1, -0.05) is 23.2 Å². The van der Waals surface area contributed by atoms with Gasteiger partial charge in [-0.25, -0.2) is 4.39 Å². The van der Waals surface area contributed by atoms with Gasteiger partial charge >= 0.3 is 0 Å². The van der Waals surface area contributed by atoms with Gasteiger partial charge in [-0.05, 0) is 12.1 Å². The van der Waals surface area contributed by atoms with Crippen LogP contribution in [0, 0.1) is 5.82 Å². The highest BCUT2D eigenvalue weighted by Gasteiger charge is 2.22. The Labute approximate surface area is 95.2 Å². The van der Waals surface area contributed by atoms with E-state index in [4.69, 9.17) is 27.9 Å². The summed E-state index contributed by atoms with van der Waals surface area (Å²) in [6.07, 6.45) is 0.587. The SMILES string of the molecule is O=CC1=C(Cl)c2cc(Cl)cc(F)c2OC1. The van der Waals surface area contributed by atoms with Crippen LogP contribution in [0.1, 0.15) is 5.56 Å². The van der Waals surface area contributed by atoms with Crippen LogP contribution in [0.4, 0.5) is 4.39 Å². The third kappa shape index (κ3) is 1.73. The highest BCUT2D eigenvalue weighted by molar-refractivity contribution is 6.51. The molecule has 1 aromatic rings. The molecule has 0 aliphatic carbocycles. The molecule has 0 spiro atoms. The lowest BCUT2D eigenvalue weighted by molar-refractivity contribution is -0.105. The van der Waals surface area contributed by atoms with Crippen LogP contribution in [-0.2, 0) is 4.79 Å². The summed E-state index contributed by atoms with van der Waals surface area (Å²) >= 11 is 11.6. The summed E-state index contributed by atoms with van der Waals surface area (Å²) in [4.78, 5) is 10.6. The average Bonchev–Trinajstić information content (AvgIpc) is 2.19. The maximum atomic E-state index is 13.4. The monoisotopic (exact) mass is 246 g/mol. The van der Waals surface area contributed by atoms with Crippen LogP contribution in [0.25, 0.3) is 5.03 Å². The van der Waals surface area contributed by atoms with Crippen molar-refractivity contribution in [3.63, 3.8) is 0 Å². The maximum absolute atomic E-state index is 13.4. The Morgan fingerprint density at radius 1 is 1.40 bits per heavy atom. The van der Waals surface area contributed by atoms with Crippen molar-refractivity contribution in [3.8, 4) is 5.75 Å². The van der Waals surface area contributed by atoms with E-state index in [-0.39, 0.29) is 28.0 Å². The zero-order valence-electron chi connectivity index (χ0n) is 7.39. The summed E-state index contributed by atoms with van der Waals surface area (Å²) in [6.45, 7) is -0.0200. The molecule has 1 aliphatic heterocycles. The summed E-state index contributed by atoms with van der Waals surface area (Å²) in [5, 5.41) is 0.396. The van der Waals surface area contributed by atoms with Crippen molar-refractivity contribution < 1.29 is 13.9 Å². The zero-order chi connectivity index (χ0) is 11.0. The van der Waals surface area contributed by atoms with Gasteiger partial charge in [0.15, 0.2) is 17.9 Å². The quantitative estimate of drug-likeness (QED) is 0.713. The Kier molecular flexibility index (Phi) is 2.67. The van der Waals surface area contributed by atoms with Gasteiger partial charge in [0.05, 0.1) is 5.03 Å². The lowest BCUT2D eigenvalue weighted by atomic mass is 10.1. The predicted octanol–water partition coefficient (Wildman–Crippen LogP) is 3.02. The van der Waals surface area contributed by atoms with Crippen molar-refractivity contribution in [2.24, 2.45) is 0 Å². The number of ether oxygens (including phenoxy) is 1. The van der Waals surface area contributed by atoms with Crippen LogP contribution in [0.5, 0.6) is 5.75 Å². The maximum Gasteiger partial charge on any atom is 0.167 e. The number of carbonyl (C=O) groups excluding carboxylic acids is 1. The molecule has 0 unspecified atom stereocenters. The minimum atomic E-state index is -0.583. The van der Waals surface area contributed by atoms with Crippen molar-refractivity contribution in [2.45, 2.75) is 0 Å². The molecule has 2 rings (SSSR count). The van der Waals surface area contributed by atoms with E-state index in [1.54, 1.807) is 0 Å². The van der Waals surface area contributed by atoms with Gasteiger partial charge in [0.25, 0.3) is 0 Å². The van der Waals surface area contributed by atoms with E-state index in [0.29, 0.717) is 11.8 Å². The number of aldehydes is 1. The standard InChI is InChI=1S/C10H5Cl2FO2/c11-6-1-7-9(12)5(3-14)4-15-10(7)8(13)2-6/h1-3H,4H2.